The molecule has 1 amide bonds. The van der Waals surface area contributed by atoms with E-state index in [0.717, 1.165) is 0 Å². The summed E-state index contributed by atoms with van der Waals surface area (Å²) in [4.78, 5) is 26.0. The first-order chi connectivity index (χ1) is 15.9. The number of nitriles is 1. The maximum Gasteiger partial charge on any atom is 0.264 e. The van der Waals surface area contributed by atoms with Gasteiger partial charge in [-0.15, -0.1) is 0 Å². The third kappa shape index (κ3) is 4.15. The third-order valence-corrected chi connectivity index (χ3v) is 7.42. The van der Waals surface area contributed by atoms with Gasteiger partial charge in [0, 0.05) is 32.2 Å². The van der Waals surface area contributed by atoms with E-state index < -0.39 is 10.0 Å². The first-order valence-electron chi connectivity index (χ1n) is 10.3. The molecule has 11 nitrogen and oxygen atoms in total. The number of carbonyl (C=O) groups excluding carboxylic acids is 1. The standard InChI is InChI=1S/C21H21N7O4S/c1-2-17-16(14-23-28(17)19-7-8-20(29)25-24-19)21(30)26-9-11-27(12-10-26)33(31,32)18-6-4-3-5-15(18)13-22/h3-8,14H,2,9-12H2,1H3,(H,25,29). The fourth-order valence-electron chi connectivity index (χ4n) is 3.77. The molecule has 0 saturated carbocycles. The summed E-state index contributed by atoms with van der Waals surface area (Å²) in [5, 5.41) is 19.8. The van der Waals surface area contributed by atoms with Gasteiger partial charge in [0.15, 0.2) is 5.82 Å². The Hall–Kier alpha value is -3.82. The number of carbonyl (C=O) groups is 1. The van der Waals surface area contributed by atoms with Crippen molar-refractivity contribution in [3.8, 4) is 11.9 Å². The van der Waals surface area contributed by atoms with Gasteiger partial charge >= 0.3 is 0 Å². The van der Waals surface area contributed by atoms with Crippen molar-refractivity contribution in [2.24, 2.45) is 0 Å². The number of piperazine rings is 1. The molecule has 1 saturated heterocycles. The van der Waals surface area contributed by atoms with Gasteiger partial charge in [-0.25, -0.2) is 18.2 Å². The predicted octanol–water partition coefficient (Wildman–Crippen LogP) is 0.536. The number of nitrogens with zero attached hydrogens (tertiary/aromatic N) is 6. The van der Waals surface area contributed by atoms with Crippen molar-refractivity contribution >= 4 is 15.9 Å². The van der Waals surface area contributed by atoms with Gasteiger partial charge in [0.1, 0.15) is 6.07 Å². The fourth-order valence-corrected chi connectivity index (χ4v) is 5.33. The number of aromatic amines is 1. The van der Waals surface area contributed by atoms with Gasteiger partial charge in [-0.2, -0.15) is 19.8 Å². The number of benzene rings is 1. The van der Waals surface area contributed by atoms with Crippen LogP contribution in [-0.4, -0.2) is 69.7 Å². The van der Waals surface area contributed by atoms with E-state index in [2.05, 4.69) is 15.3 Å². The van der Waals surface area contributed by atoms with E-state index in [-0.39, 0.29) is 48.1 Å². The van der Waals surface area contributed by atoms with Crippen molar-refractivity contribution in [2.45, 2.75) is 18.2 Å². The molecule has 1 aliphatic heterocycles. The highest BCUT2D eigenvalue weighted by Crippen LogP contribution is 2.22. The zero-order chi connectivity index (χ0) is 23.6. The lowest BCUT2D eigenvalue weighted by atomic mass is 10.1. The second-order valence-electron chi connectivity index (χ2n) is 7.35. The zero-order valence-electron chi connectivity index (χ0n) is 17.8. The topological polar surface area (TPSA) is 145 Å². The molecular formula is C21H21N7O4S. The summed E-state index contributed by atoms with van der Waals surface area (Å²) in [6, 6.07) is 10.8. The molecule has 1 aromatic carbocycles. The number of aromatic nitrogens is 4. The summed E-state index contributed by atoms with van der Waals surface area (Å²) >= 11 is 0. The van der Waals surface area contributed by atoms with Crippen molar-refractivity contribution in [3.05, 3.63) is 69.8 Å². The van der Waals surface area contributed by atoms with Gasteiger partial charge in [0.25, 0.3) is 11.5 Å². The lowest BCUT2D eigenvalue weighted by molar-refractivity contribution is 0.0696. The molecule has 3 aromatic rings. The maximum absolute atomic E-state index is 13.2. The minimum Gasteiger partial charge on any atom is -0.336 e. The number of amides is 1. The monoisotopic (exact) mass is 467 g/mol. The van der Waals surface area contributed by atoms with Crippen LogP contribution < -0.4 is 5.56 Å². The second-order valence-corrected chi connectivity index (χ2v) is 9.26. The first-order valence-corrected chi connectivity index (χ1v) is 11.7. The van der Waals surface area contributed by atoms with Crippen LogP contribution >= 0.6 is 0 Å². The molecule has 170 valence electrons. The van der Waals surface area contributed by atoms with E-state index in [1.807, 2.05) is 13.0 Å². The Labute approximate surface area is 189 Å². The molecule has 0 unspecified atom stereocenters. The lowest BCUT2D eigenvalue weighted by Gasteiger charge is -2.34. The summed E-state index contributed by atoms with van der Waals surface area (Å²) in [6.07, 6.45) is 1.96. The Bertz CT molecular complexity index is 1380. The van der Waals surface area contributed by atoms with Crippen molar-refractivity contribution < 1.29 is 13.2 Å². The van der Waals surface area contributed by atoms with E-state index in [1.54, 1.807) is 17.0 Å². The van der Waals surface area contributed by atoms with Gasteiger partial charge in [-0.05, 0) is 24.6 Å². The number of rotatable bonds is 5. The lowest BCUT2D eigenvalue weighted by Crippen LogP contribution is -2.50. The maximum atomic E-state index is 13.2. The summed E-state index contributed by atoms with van der Waals surface area (Å²) in [7, 11) is -3.85. The number of hydrogen-bond acceptors (Lipinski definition) is 7. The fraction of sp³-hybridized carbons (Fsp3) is 0.286. The molecule has 1 fully saturated rings. The number of nitrogens with one attached hydrogen (secondary N) is 1. The Kier molecular flexibility index (Phi) is 6.08. The molecule has 1 N–H and O–H groups in total. The highest BCUT2D eigenvalue weighted by atomic mass is 32.2. The van der Waals surface area contributed by atoms with E-state index in [0.29, 0.717) is 23.5 Å². The quantitative estimate of drug-likeness (QED) is 0.576. The van der Waals surface area contributed by atoms with Gasteiger partial charge in [-0.1, -0.05) is 19.1 Å². The van der Waals surface area contributed by atoms with Crippen LogP contribution in [0.2, 0.25) is 0 Å². The highest BCUT2D eigenvalue weighted by Gasteiger charge is 2.33. The Morgan fingerprint density at radius 3 is 2.52 bits per heavy atom. The highest BCUT2D eigenvalue weighted by molar-refractivity contribution is 7.89. The van der Waals surface area contributed by atoms with Crippen LogP contribution in [-0.2, 0) is 16.4 Å². The Morgan fingerprint density at radius 2 is 1.88 bits per heavy atom. The predicted molar refractivity (Wildman–Crippen MR) is 117 cm³/mol. The Balaban J connectivity index is 1.52. The van der Waals surface area contributed by atoms with Crippen LogP contribution in [0.15, 0.2) is 52.3 Å². The first kappa shape index (κ1) is 22.4. The average molecular weight is 468 g/mol. The van der Waals surface area contributed by atoms with Crippen LogP contribution in [0.1, 0.15) is 28.5 Å². The largest absolute Gasteiger partial charge is 0.336 e. The summed E-state index contributed by atoms with van der Waals surface area (Å²) in [5.41, 5.74) is 0.784. The normalized spacial score (nSPS) is 14.7. The summed E-state index contributed by atoms with van der Waals surface area (Å²) < 4.78 is 28.8. The van der Waals surface area contributed by atoms with Crippen LogP contribution in [0.25, 0.3) is 5.82 Å². The molecule has 4 rings (SSSR count). The summed E-state index contributed by atoms with van der Waals surface area (Å²) in [6.45, 7) is 2.53. The molecular weight excluding hydrogens is 446 g/mol. The van der Waals surface area contributed by atoms with Gasteiger partial charge in [0.05, 0.1) is 27.9 Å². The van der Waals surface area contributed by atoms with E-state index >= 15 is 0 Å². The van der Waals surface area contributed by atoms with Crippen LogP contribution in [0, 0.1) is 11.3 Å². The summed E-state index contributed by atoms with van der Waals surface area (Å²) in [5.74, 6) is 0.134. The second kappa shape index (κ2) is 8.97. The molecule has 0 atom stereocenters. The molecule has 1 aliphatic rings. The molecule has 12 heteroatoms. The molecule has 2 aromatic heterocycles. The van der Waals surface area contributed by atoms with Crippen LogP contribution in [0.3, 0.4) is 0 Å². The Morgan fingerprint density at radius 1 is 1.15 bits per heavy atom. The van der Waals surface area contributed by atoms with E-state index in [4.69, 9.17) is 0 Å². The third-order valence-electron chi connectivity index (χ3n) is 5.47. The number of hydrogen-bond donors (Lipinski definition) is 1. The smallest absolute Gasteiger partial charge is 0.264 e. The van der Waals surface area contributed by atoms with E-state index in [9.17, 15) is 23.3 Å². The minimum atomic E-state index is -3.85. The van der Waals surface area contributed by atoms with Gasteiger partial charge in [-0.3, -0.25) is 9.59 Å². The van der Waals surface area contributed by atoms with Crippen LogP contribution in [0.4, 0.5) is 0 Å². The molecule has 33 heavy (non-hydrogen) atoms. The average Bonchev–Trinajstić information content (AvgIpc) is 3.28. The van der Waals surface area contributed by atoms with E-state index in [1.165, 1.54) is 39.4 Å². The van der Waals surface area contributed by atoms with Crippen molar-refractivity contribution in [3.63, 3.8) is 0 Å². The molecule has 3 heterocycles. The van der Waals surface area contributed by atoms with Crippen molar-refractivity contribution in [1.82, 2.24) is 29.2 Å². The molecule has 0 bridgehead atoms. The molecule has 0 radical (unpaired) electrons. The number of sulfonamides is 1. The van der Waals surface area contributed by atoms with Gasteiger partial charge < -0.3 is 4.90 Å². The van der Waals surface area contributed by atoms with Gasteiger partial charge in [0.2, 0.25) is 10.0 Å². The van der Waals surface area contributed by atoms with Crippen molar-refractivity contribution in [2.75, 3.05) is 26.2 Å². The molecule has 0 aliphatic carbocycles. The van der Waals surface area contributed by atoms with Crippen LogP contribution in [0.5, 0.6) is 0 Å². The number of H-pyrrole nitrogens is 1. The molecule has 0 spiro atoms. The SMILES string of the molecule is CCc1c(C(=O)N2CCN(S(=O)(=O)c3ccccc3C#N)CC2)cnn1-c1ccc(=O)[nH]n1. The minimum absolute atomic E-state index is 0.0322. The van der Waals surface area contributed by atoms with Crippen molar-refractivity contribution in [1.29, 1.82) is 5.26 Å². The zero-order valence-corrected chi connectivity index (χ0v) is 18.6.